The van der Waals surface area contributed by atoms with E-state index < -0.39 is 23.6 Å². The van der Waals surface area contributed by atoms with E-state index in [2.05, 4.69) is 21.2 Å². The monoisotopic (exact) mass is 580 g/mol. The van der Waals surface area contributed by atoms with E-state index in [1.54, 1.807) is 30.3 Å². The van der Waals surface area contributed by atoms with Crippen LogP contribution >= 0.6 is 27.7 Å². The summed E-state index contributed by atoms with van der Waals surface area (Å²) in [5, 5.41) is 2.18. The molecule has 0 saturated carbocycles. The summed E-state index contributed by atoms with van der Waals surface area (Å²) < 4.78 is 17.8. The van der Waals surface area contributed by atoms with Crippen LogP contribution in [0.5, 0.6) is 17.2 Å². The standard InChI is InChI=1S/C27H21BrN2O6S/c28-19-6-8-21(36-16-17-4-2-1-3-5-17)18(12-19)13-24-26(32)30(27(33)37-24)15-25(31)29-20-7-9-22-23(14-20)35-11-10-34-22/h1-9,12-14H,10-11,15-16H2,(H,29,31)/b24-13-. The molecule has 37 heavy (non-hydrogen) atoms. The van der Waals surface area contributed by atoms with E-state index in [-0.39, 0.29) is 4.91 Å². The maximum absolute atomic E-state index is 13.0. The minimum atomic E-state index is -0.540. The first-order valence-electron chi connectivity index (χ1n) is 11.4. The summed E-state index contributed by atoms with van der Waals surface area (Å²) >= 11 is 4.23. The first-order valence-corrected chi connectivity index (χ1v) is 13.0. The Labute approximate surface area is 225 Å². The highest BCUT2D eigenvalue weighted by atomic mass is 79.9. The Balaban J connectivity index is 1.27. The van der Waals surface area contributed by atoms with Gasteiger partial charge in [0.2, 0.25) is 5.91 Å². The third-order valence-corrected chi connectivity index (χ3v) is 6.90. The predicted molar refractivity (Wildman–Crippen MR) is 144 cm³/mol. The molecule has 10 heteroatoms. The van der Waals surface area contributed by atoms with Crippen molar-refractivity contribution in [2.24, 2.45) is 0 Å². The lowest BCUT2D eigenvalue weighted by Crippen LogP contribution is -2.36. The van der Waals surface area contributed by atoms with Gasteiger partial charge in [0, 0.05) is 21.8 Å². The molecule has 0 atom stereocenters. The number of hydrogen-bond acceptors (Lipinski definition) is 7. The van der Waals surface area contributed by atoms with Crippen LogP contribution in [0.2, 0.25) is 0 Å². The number of nitrogens with zero attached hydrogens (tertiary/aromatic N) is 1. The number of halogens is 1. The molecular formula is C27H21BrN2O6S. The third-order valence-electron chi connectivity index (χ3n) is 5.50. The van der Waals surface area contributed by atoms with Crippen molar-refractivity contribution < 1.29 is 28.6 Å². The third kappa shape index (κ3) is 5.98. The highest BCUT2D eigenvalue weighted by Gasteiger charge is 2.36. The Kier molecular flexibility index (Phi) is 7.47. The largest absolute Gasteiger partial charge is 0.488 e. The normalized spacial score (nSPS) is 15.7. The molecule has 0 spiro atoms. The molecule has 2 heterocycles. The number of nitrogens with one attached hydrogen (secondary N) is 1. The number of carbonyl (C=O) groups excluding carboxylic acids is 3. The molecule has 5 rings (SSSR count). The van der Waals surface area contributed by atoms with Crippen LogP contribution in [0.3, 0.4) is 0 Å². The van der Waals surface area contributed by atoms with Crippen molar-refractivity contribution in [2.75, 3.05) is 25.1 Å². The van der Waals surface area contributed by atoms with Gasteiger partial charge in [-0.3, -0.25) is 19.3 Å². The summed E-state index contributed by atoms with van der Waals surface area (Å²) in [5.41, 5.74) is 2.11. The van der Waals surface area contributed by atoms with Crippen molar-refractivity contribution in [3.63, 3.8) is 0 Å². The Hall–Kier alpha value is -3.76. The summed E-state index contributed by atoms with van der Waals surface area (Å²) in [7, 11) is 0. The number of benzene rings is 3. The van der Waals surface area contributed by atoms with Gasteiger partial charge in [0.25, 0.3) is 11.1 Å². The quantitative estimate of drug-likeness (QED) is 0.370. The van der Waals surface area contributed by atoms with E-state index in [0.717, 1.165) is 26.7 Å². The van der Waals surface area contributed by atoms with Gasteiger partial charge in [-0.2, -0.15) is 0 Å². The zero-order valence-corrected chi connectivity index (χ0v) is 21.8. The van der Waals surface area contributed by atoms with Crippen molar-refractivity contribution in [2.45, 2.75) is 6.61 Å². The van der Waals surface area contributed by atoms with Crippen LogP contribution in [-0.4, -0.2) is 41.7 Å². The van der Waals surface area contributed by atoms with Gasteiger partial charge >= 0.3 is 0 Å². The van der Waals surface area contributed by atoms with Crippen LogP contribution in [0, 0.1) is 0 Å². The Bertz CT molecular complexity index is 1390. The van der Waals surface area contributed by atoms with Crippen molar-refractivity contribution in [3.05, 3.63) is 87.2 Å². The average molecular weight is 581 g/mol. The second-order valence-corrected chi connectivity index (χ2v) is 10.0. The number of rotatable bonds is 7. The van der Waals surface area contributed by atoms with Crippen molar-refractivity contribution in [1.29, 1.82) is 0 Å². The van der Waals surface area contributed by atoms with E-state index in [4.69, 9.17) is 14.2 Å². The lowest BCUT2D eigenvalue weighted by molar-refractivity contribution is -0.127. The molecule has 1 saturated heterocycles. The summed E-state index contributed by atoms with van der Waals surface area (Å²) in [4.78, 5) is 39.4. The molecule has 1 N–H and O–H groups in total. The minimum Gasteiger partial charge on any atom is -0.488 e. The van der Waals surface area contributed by atoms with Crippen LogP contribution in [0.1, 0.15) is 11.1 Å². The number of anilines is 1. The van der Waals surface area contributed by atoms with Gasteiger partial charge in [-0.15, -0.1) is 0 Å². The fourth-order valence-electron chi connectivity index (χ4n) is 3.74. The Morgan fingerprint density at radius 2 is 1.81 bits per heavy atom. The zero-order chi connectivity index (χ0) is 25.8. The van der Waals surface area contributed by atoms with Crippen LogP contribution < -0.4 is 19.5 Å². The lowest BCUT2D eigenvalue weighted by Gasteiger charge is -2.19. The van der Waals surface area contributed by atoms with E-state index >= 15 is 0 Å². The van der Waals surface area contributed by atoms with E-state index in [1.165, 1.54) is 0 Å². The van der Waals surface area contributed by atoms with E-state index in [9.17, 15) is 14.4 Å². The molecule has 2 aliphatic rings. The summed E-state index contributed by atoms with van der Waals surface area (Å²) in [5.74, 6) is 0.642. The molecule has 0 radical (unpaired) electrons. The molecule has 2 aliphatic heterocycles. The molecule has 0 aromatic heterocycles. The average Bonchev–Trinajstić information content (AvgIpc) is 3.16. The van der Waals surface area contributed by atoms with Crippen molar-refractivity contribution >= 4 is 56.5 Å². The van der Waals surface area contributed by atoms with Crippen molar-refractivity contribution in [1.82, 2.24) is 4.90 Å². The smallest absolute Gasteiger partial charge is 0.294 e. The maximum Gasteiger partial charge on any atom is 0.294 e. The summed E-state index contributed by atoms with van der Waals surface area (Å²) in [6, 6.07) is 20.2. The van der Waals surface area contributed by atoms with Gasteiger partial charge in [-0.05, 0) is 53.7 Å². The summed E-state index contributed by atoms with van der Waals surface area (Å²) in [6.07, 6.45) is 1.61. The molecule has 0 aliphatic carbocycles. The van der Waals surface area contributed by atoms with Crippen LogP contribution in [0.15, 0.2) is 76.1 Å². The molecule has 0 bridgehead atoms. The molecule has 1 fully saturated rings. The fourth-order valence-corrected chi connectivity index (χ4v) is 4.95. The number of carbonyl (C=O) groups is 3. The van der Waals surface area contributed by atoms with Gasteiger partial charge in [0.1, 0.15) is 32.1 Å². The first-order chi connectivity index (χ1) is 18.0. The van der Waals surface area contributed by atoms with E-state index in [1.807, 2.05) is 42.5 Å². The van der Waals surface area contributed by atoms with Crippen LogP contribution in [-0.2, 0) is 16.2 Å². The van der Waals surface area contributed by atoms with Gasteiger partial charge in [-0.25, -0.2) is 0 Å². The molecule has 3 amide bonds. The summed E-state index contributed by atoms with van der Waals surface area (Å²) in [6.45, 7) is 0.827. The number of ether oxygens (including phenoxy) is 3. The molecule has 3 aromatic carbocycles. The predicted octanol–water partition coefficient (Wildman–Crippen LogP) is 5.47. The second kappa shape index (κ2) is 11.1. The highest BCUT2D eigenvalue weighted by molar-refractivity contribution is 9.10. The Morgan fingerprint density at radius 1 is 1.03 bits per heavy atom. The Morgan fingerprint density at radius 3 is 2.62 bits per heavy atom. The van der Waals surface area contributed by atoms with E-state index in [0.29, 0.717) is 48.3 Å². The molecule has 188 valence electrons. The van der Waals surface area contributed by atoms with Crippen molar-refractivity contribution in [3.8, 4) is 17.2 Å². The second-order valence-electron chi connectivity index (χ2n) is 8.13. The first kappa shape index (κ1) is 24.9. The van der Waals surface area contributed by atoms with Crippen LogP contribution in [0.25, 0.3) is 6.08 Å². The molecular weight excluding hydrogens is 560 g/mol. The van der Waals surface area contributed by atoms with Gasteiger partial charge in [-0.1, -0.05) is 46.3 Å². The molecule has 0 unspecified atom stereocenters. The van der Waals surface area contributed by atoms with Gasteiger partial charge in [0.05, 0.1) is 4.91 Å². The number of hydrogen-bond donors (Lipinski definition) is 1. The van der Waals surface area contributed by atoms with Gasteiger partial charge < -0.3 is 19.5 Å². The fraction of sp³-hybridized carbons (Fsp3) is 0.148. The van der Waals surface area contributed by atoms with Gasteiger partial charge in [0.15, 0.2) is 11.5 Å². The number of imide groups is 1. The lowest BCUT2D eigenvalue weighted by atomic mass is 10.1. The topological polar surface area (TPSA) is 94.2 Å². The maximum atomic E-state index is 13.0. The van der Waals surface area contributed by atoms with Crippen LogP contribution in [0.4, 0.5) is 10.5 Å². The highest BCUT2D eigenvalue weighted by Crippen LogP contribution is 2.36. The SMILES string of the molecule is O=C(CN1C(=O)S/C(=C\c2cc(Br)ccc2OCc2ccccc2)C1=O)Nc1ccc2c(c1)OCCO2. The zero-order valence-electron chi connectivity index (χ0n) is 19.4. The number of fused-ring (bicyclic) bond motifs is 1. The molecule has 3 aromatic rings. The minimum absolute atomic E-state index is 0.208. The molecule has 8 nitrogen and oxygen atoms in total. The number of amides is 3. The number of thioether (sulfide) groups is 1.